The van der Waals surface area contributed by atoms with E-state index in [4.69, 9.17) is 0 Å². The molecule has 0 aliphatic carbocycles. The summed E-state index contributed by atoms with van der Waals surface area (Å²) < 4.78 is 26.8. The van der Waals surface area contributed by atoms with Gasteiger partial charge < -0.3 is 0 Å². The topological polar surface area (TPSA) is 12.9 Å². The summed E-state index contributed by atoms with van der Waals surface area (Å²) in [6, 6.07) is 16.5. The van der Waals surface area contributed by atoms with Crippen LogP contribution in [-0.4, -0.2) is 4.98 Å². The summed E-state index contributed by atoms with van der Waals surface area (Å²) in [4.78, 5) is 3.27. The Kier molecular flexibility index (Phi) is 3.18. The van der Waals surface area contributed by atoms with Crippen molar-refractivity contribution >= 4 is 10.8 Å². The largest absolute Gasteiger partial charge is 0.219 e. The van der Waals surface area contributed by atoms with E-state index < -0.39 is 11.9 Å². The van der Waals surface area contributed by atoms with Gasteiger partial charge in [-0.05, 0) is 28.5 Å². The summed E-state index contributed by atoms with van der Waals surface area (Å²) in [5, 5.41) is 2.18. The van der Waals surface area contributed by atoms with Gasteiger partial charge in [-0.2, -0.15) is 13.8 Å². The minimum absolute atomic E-state index is 0.186. The number of benzene rings is 2. The van der Waals surface area contributed by atoms with Gasteiger partial charge >= 0.3 is 0 Å². The highest BCUT2D eigenvalue weighted by Gasteiger charge is 2.16. The number of aromatic nitrogens is 1. The molecule has 0 aliphatic heterocycles. The Morgan fingerprint density at radius 1 is 0.850 bits per heavy atom. The van der Waals surface area contributed by atoms with Crippen molar-refractivity contribution in [1.29, 1.82) is 0 Å². The molecular formula is C17H13F2N. The van der Waals surface area contributed by atoms with Crippen molar-refractivity contribution in [1.82, 2.24) is 4.98 Å². The van der Waals surface area contributed by atoms with E-state index in [9.17, 15) is 8.78 Å². The second-order valence-electron chi connectivity index (χ2n) is 4.80. The van der Waals surface area contributed by atoms with E-state index in [-0.39, 0.29) is 5.92 Å². The second-order valence-corrected chi connectivity index (χ2v) is 4.80. The number of fused-ring (bicyclic) bond motifs is 1. The first kappa shape index (κ1) is 12.7. The van der Waals surface area contributed by atoms with Gasteiger partial charge in [0.25, 0.3) is 0 Å². The van der Waals surface area contributed by atoms with E-state index in [0.717, 1.165) is 16.3 Å². The van der Waals surface area contributed by atoms with Crippen LogP contribution in [0.3, 0.4) is 0 Å². The predicted octanol–water partition coefficient (Wildman–Crippen LogP) is 4.66. The molecule has 0 radical (unpaired) electrons. The van der Waals surface area contributed by atoms with Crippen LogP contribution >= 0.6 is 0 Å². The number of pyridine rings is 1. The zero-order valence-corrected chi connectivity index (χ0v) is 11.0. The zero-order chi connectivity index (χ0) is 14.1. The first-order chi connectivity index (χ1) is 9.66. The molecule has 0 amide bonds. The molecule has 3 heteroatoms. The normalized spacial score (nSPS) is 12.6. The third kappa shape index (κ3) is 2.16. The van der Waals surface area contributed by atoms with E-state index in [0.29, 0.717) is 5.56 Å². The maximum Gasteiger partial charge on any atom is 0.219 e. The van der Waals surface area contributed by atoms with Gasteiger partial charge in [0, 0.05) is 11.5 Å². The van der Waals surface area contributed by atoms with Crippen LogP contribution in [0, 0.1) is 11.9 Å². The van der Waals surface area contributed by atoms with Gasteiger partial charge in [0.1, 0.15) is 0 Å². The first-order valence-corrected chi connectivity index (χ1v) is 6.46. The van der Waals surface area contributed by atoms with Crippen LogP contribution in [-0.2, 0) is 0 Å². The fourth-order valence-corrected chi connectivity index (χ4v) is 2.54. The zero-order valence-electron chi connectivity index (χ0n) is 11.0. The minimum atomic E-state index is -0.795. The highest BCUT2D eigenvalue weighted by molar-refractivity contribution is 5.86. The van der Waals surface area contributed by atoms with Crippen LogP contribution in [0.5, 0.6) is 0 Å². The molecular weight excluding hydrogens is 256 g/mol. The van der Waals surface area contributed by atoms with Gasteiger partial charge in [-0.3, -0.25) is 0 Å². The third-order valence-electron chi connectivity index (χ3n) is 3.60. The summed E-state index contributed by atoms with van der Waals surface area (Å²) in [7, 11) is 0. The van der Waals surface area contributed by atoms with Gasteiger partial charge in [0.05, 0.1) is 0 Å². The van der Waals surface area contributed by atoms with Crippen LogP contribution in [0.2, 0.25) is 0 Å². The Morgan fingerprint density at radius 2 is 1.60 bits per heavy atom. The molecule has 0 fully saturated rings. The number of rotatable bonds is 2. The van der Waals surface area contributed by atoms with Gasteiger partial charge in [0.15, 0.2) is 0 Å². The van der Waals surface area contributed by atoms with Crippen molar-refractivity contribution in [2.75, 3.05) is 0 Å². The van der Waals surface area contributed by atoms with E-state index in [1.807, 2.05) is 49.4 Å². The maximum atomic E-state index is 13.8. The lowest BCUT2D eigenvalue weighted by Gasteiger charge is -2.15. The van der Waals surface area contributed by atoms with Crippen LogP contribution in [0.15, 0.2) is 54.6 Å². The Bertz CT molecular complexity index is 763. The lowest BCUT2D eigenvalue weighted by molar-refractivity contribution is 0.500. The van der Waals surface area contributed by atoms with Crippen molar-refractivity contribution in [3.63, 3.8) is 0 Å². The van der Waals surface area contributed by atoms with Gasteiger partial charge in [0.2, 0.25) is 11.9 Å². The van der Waals surface area contributed by atoms with Crippen molar-refractivity contribution < 1.29 is 8.78 Å². The van der Waals surface area contributed by atoms with Crippen molar-refractivity contribution in [3.05, 3.63) is 77.6 Å². The van der Waals surface area contributed by atoms with Gasteiger partial charge in [-0.25, -0.2) is 0 Å². The highest BCUT2D eigenvalue weighted by atomic mass is 19.1. The van der Waals surface area contributed by atoms with Crippen molar-refractivity contribution in [2.45, 2.75) is 12.8 Å². The van der Waals surface area contributed by atoms with Crippen molar-refractivity contribution in [2.24, 2.45) is 0 Å². The Morgan fingerprint density at radius 3 is 2.40 bits per heavy atom. The number of hydrogen-bond acceptors (Lipinski definition) is 1. The molecule has 2 aromatic carbocycles. The molecule has 0 bridgehead atoms. The highest BCUT2D eigenvalue weighted by Crippen LogP contribution is 2.31. The van der Waals surface area contributed by atoms with E-state index >= 15 is 0 Å². The molecule has 1 aromatic heterocycles. The SMILES string of the molecule is CC(c1ccc(F)nc1F)c1cccc2ccccc12. The summed E-state index contributed by atoms with van der Waals surface area (Å²) in [5.74, 6) is -1.73. The molecule has 1 nitrogen and oxygen atoms in total. The Balaban J connectivity index is 2.15. The third-order valence-corrected chi connectivity index (χ3v) is 3.60. The van der Waals surface area contributed by atoms with Crippen LogP contribution < -0.4 is 0 Å². The fourth-order valence-electron chi connectivity index (χ4n) is 2.54. The van der Waals surface area contributed by atoms with E-state index in [1.54, 1.807) is 0 Å². The standard InChI is InChI=1S/C17H13F2N/c1-11(14-9-10-16(18)20-17(14)19)13-8-4-6-12-5-2-3-7-15(12)13/h2-11H,1H3. The number of hydrogen-bond donors (Lipinski definition) is 0. The predicted molar refractivity (Wildman–Crippen MR) is 75.6 cm³/mol. The summed E-state index contributed by atoms with van der Waals surface area (Å²) in [5.41, 5.74) is 1.41. The lowest BCUT2D eigenvalue weighted by Crippen LogP contribution is -2.03. The molecule has 0 aliphatic rings. The molecule has 0 spiro atoms. The molecule has 1 heterocycles. The Hall–Kier alpha value is -2.29. The van der Waals surface area contributed by atoms with E-state index in [2.05, 4.69) is 4.98 Å². The average molecular weight is 269 g/mol. The fraction of sp³-hybridized carbons (Fsp3) is 0.118. The van der Waals surface area contributed by atoms with Crippen LogP contribution in [0.4, 0.5) is 8.78 Å². The monoisotopic (exact) mass is 269 g/mol. The first-order valence-electron chi connectivity index (χ1n) is 6.46. The molecule has 0 saturated heterocycles. The minimum Gasteiger partial charge on any atom is -0.190 e. The molecule has 100 valence electrons. The van der Waals surface area contributed by atoms with Gasteiger partial charge in [-0.1, -0.05) is 49.4 Å². The Labute approximate surface area is 115 Å². The smallest absolute Gasteiger partial charge is 0.190 e. The van der Waals surface area contributed by atoms with Crippen LogP contribution in [0.25, 0.3) is 10.8 Å². The molecule has 1 atom stereocenters. The molecule has 3 rings (SSSR count). The second kappa shape index (κ2) is 5.00. The van der Waals surface area contributed by atoms with Gasteiger partial charge in [-0.15, -0.1) is 0 Å². The maximum absolute atomic E-state index is 13.8. The molecule has 0 N–H and O–H groups in total. The summed E-state index contributed by atoms with van der Waals surface area (Å²) in [6.45, 7) is 1.90. The summed E-state index contributed by atoms with van der Waals surface area (Å²) in [6.07, 6.45) is 0. The average Bonchev–Trinajstić information content (AvgIpc) is 2.46. The molecule has 20 heavy (non-hydrogen) atoms. The number of nitrogens with zero attached hydrogens (tertiary/aromatic N) is 1. The van der Waals surface area contributed by atoms with Crippen LogP contribution in [0.1, 0.15) is 24.0 Å². The summed E-state index contributed by atoms with van der Waals surface area (Å²) >= 11 is 0. The van der Waals surface area contributed by atoms with Crippen molar-refractivity contribution in [3.8, 4) is 0 Å². The molecule has 1 unspecified atom stereocenters. The molecule has 3 aromatic rings. The number of halogens is 2. The lowest BCUT2D eigenvalue weighted by atomic mass is 9.90. The quantitative estimate of drug-likeness (QED) is 0.616. The molecule has 0 saturated carbocycles. The van der Waals surface area contributed by atoms with E-state index in [1.165, 1.54) is 12.1 Å².